The van der Waals surface area contributed by atoms with Crippen LogP contribution in [-0.4, -0.2) is 43.8 Å². The number of likely N-dealkylation sites (N-methyl/N-ethyl adjacent to an activating group) is 1. The molecule has 2 heterocycles. The van der Waals surface area contributed by atoms with Gasteiger partial charge in [-0.2, -0.15) is 0 Å². The van der Waals surface area contributed by atoms with Gasteiger partial charge in [0.1, 0.15) is 0 Å². The molecule has 2 bridgehead atoms. The second kappa shape index (κ2) is 5.76. The number of halogens is 2. The summed E-state index contributed by atoms with van der Waals surface area (Å²) in [4.78, 5) is 2.29. The largest absolute Gasteiger partial charge is 0.372 e. The van der Waals surface area contributed by atoms with Crippen LogP contribution in [0.15, 0.2) is 18.2 Å². The van der Waals surface area contributed by atoms with E-state index in [0.717, 1.165) is 32.0 Å². The van der Waals surface area contributed by atoms with E-state index >= 15 is 0 Å². The minimum absolute atomic E-state index is 0.205. The molecule has 3 rings (SSSR count). The predicted octanol–water partition coefficient (Wildman–Crippen LogP) is 2.09. The number of benzene rings is 1. The molecule has 0 radical (unpaired) electrons. The maximum absolute atomic E-state index is 13.9. The van der Waals surface area contributed by atoms with Crippen LogP contribution in [0, 0.1) is 11.6 Å². The van der Waals surface area contributed by atoms with Gasteiger partial charge in [-0.05, 0) is 26.0 Å². The van der Waals surface area contributed by atoms with Gasteiger partial charge in [0.25, 0.3) is 0 Å². The number of nitrogens with one attached hydrogen (secondary N) is 1. The first-order valence-electron chi connectivity index (χ1n) is 7.16. The van der Waals surface area contributed by atoms with E-state index in [9.17, 15) is 8.78 Å². The average molecular weight is 282 g/mol. The molecule has 2 fully saturated rings. The molecule has 110 valence electrons. The average Bonchev–Trinajstić information content (AvgIpc) is 2.79. The molecule has 1 aromatic rings. The number of morpholine rings is 1. The Hall–Kier alpha value is -1.04. The van der Waals surface area contributed by atoms with Crippen LogP contribution in [0.3, 0.4) is 0 Å². The highest BCUT2D eigenvalue weighted by Gasteiger charge is 2.34. The molecular formula is C15H20F2N2O. The third kappa shape index (κ3) is 2.71. The van der Waals surface area contributed by atoms with Crippen molar-refractivity contribution in [3.8, 4) is 0 Å². The highest BCUT2D eigenvalue weighted by atomic mass is 19.2. The molecule has 1 N–H and O–H groups in total. The zero-order valence-electron chi connectivity index (χ0n) is 11.6. The minimum Gasteiger partial charge on any atom is -0.372 e. The summed E-state index contributed by atoms with van der Waals surface area (Å²) in [5, 5.41) is 3.09. The Balaban J connectivity index is 1.72. The summed E-state index contributed by atoms with van der Waals surface area (Å²) in [5.41, 5.74) is 0.395. The first-order valence-corrected chi connectivity index (χ1v) is 7.16. The van der Waals surface area contributed by atoms with Gasteiger partial charge >= 0.3 is 0 Å². The lowest BCUT2D eigenvalue weighted by Gasteiger charge is -2.34. The van der Waals surface area contributed by atoms with E-state index in [1.807, 2.05) is 0 Å². The fraction of sp³-hybridized carbons (Fsp3) is 0.600. The van der Waals surface area contributed by atoms with E-state index in [-0.39, 0.29) is 6.04 Å². The number of ether oxygens (including phenoxy) is 1. The molecule has 0 aliphatic carbocycles. The van der Waals surface area contributed by atoms with Gasteiger partial charge < -0.3 is 10.1 Å². The monoisotopic (exact) mass is 282 g/mol. The molecule has 2 aliphatic rings. The van der Waals surface area contributed by atoms with Crippen molar-refractivity contribution in [2.75, 3.05) is 26.7 Å². The quantitative estimate of drug-likeness (QED) is 0.915. The molecule has 3 unspecified atom stereocenters. The van der Waals surface area contributed by atoms with Gasteiger partial charge in [-0.3, -0.25) is 4.90 Å². The van der Waals surface area contributed by atoms with Gasteiger partial charge in [-0.25, -0.2) is 8.78 Å². The summed E-state index contributed by atoms with van der Waals surface area (Å²) in [5.74, 6) is -1.53. The van der Waals surface area contributed by atoms with Gasteiger partial charge in [-0.15, -0.1) is 0 Å². The standard InChI is InChI=1S/C15H20F2N2O/c1-18-14(12-3-2-4-13(16)15(12)17)9-19-7-10-5-6-11(8-19)20-10/h2-4,10-11,14,18H,5-9H2,1H3. The summed E-state index contributed by atoms with van der Waals surface area (Å²) >= 11 is 0. The first-order chi connectivity index (χ1) is 9.67. The molecule has 5 heteroatoms. The Kier molecular flexibility index (Phi) is 4.01. The lowest BCUT2D eigenvalue weighted by molar-refractivity contribution is -0.0406. The van der Waals surface area contributed by atoms with Crippen molar-refractivity contribution >= 4 is 0 Å². The molecule has 0 amide bonds. The number of hydrogen-bond donors (Lipinski definition) is 1. The first kappa shape index (κ1) is 13.9. The molecule has 0 saturated carbocycles. The van der Waals surface area contributed by atoms with Crippen molar-refractivity contribution in [3.63, 3.8) is 0 Å². The van der Waals surface area contributed by atoms with Crippen molar-refractivity contribution in [2.24, 2.45) is 0 Å². The van der Waals surface area contributed by atoms with Crippen molar-refractivity contribution in [3.05, 3.63) is 35.4 Å². The molecule has 20 heavy (non-hydrogen) atoms. The topological polar surface area (TPSA) is 24.5 Å². The van der Waals surface area contributed by atoms with Gasteiger partial charge in [0.2, 0.25) is 0 Å². The van der Waals surface area contributed by atoms with Gasteiger partial charge in [-0.1, -0.05) is 12.1 Å². The lowest BCUT2D eigenvalue weighted by Crippen LogP contribution is -2.45. The normalized spacial score (nSPS) is 27.8. The van der Waals surface area contributed by atoms with E-state index in [1.165, 1.54) is 0 Å². The molecule has 0 aromatic heterocycles. The number of hydrogen-bond acceptors (Lipinski definition) is 3. The van der Waals surface area contributed by atoms with Crippen LogP contribution in [0.5, 0.6) is 0 Å². The smallest absolute Gasteiger partial charge is 0.163 e. The van der Waals surface area contributed by atoms with E-state index in [1.54, 1.807) is 19.2 Å². The number of fused-ring (bicyclic) bond motifs is 2. The summed E-state index contributed by atoms with van der Waals surface area (Å²) in [6, 6.07) is 4.15. The van der Waals surface area contributed by atoms with Crippen LogP contribution in [0.25, 0.3) is 0 Å². The Morgan fingerprint density at radius 1 is 1.30 bits per heavy atom. The zero-order chi connectivity index (χ0) is 14.1. The minimum atomic E-state index is -0.787. The van der Waals surface area contributed by atoms with Crippen molar-refractivity contribution in [1.82, 2.24) is 10.2 Å². The van der Waals surface area contributed by atoms with Crippen LogP contribution in [0.1, 0.15) is 24.4 Å². The maximum atomic E-state index is 13.9. The fourth-order valence-electron chi connectivity index (χ4n) is 3.24. The van der Waals surface area contributed by atoms with Gasteiger partial charge in [0.15, 0.2) is 11.6 Å². The lowest BCUT2D eigenvalue weighted by atomic mass is 10.0. The van der Waals surface area contributed by atoms with E-state index < -0.39 is 11.6 Å². The maximum Gasteiger partial charge on any atom is 0.163 e. The number of rotatable bonds is 4. The highest BCUT2D eigenvalue weighted by molar-refractivity contribution is 5.23. The Morgan fingerprint density at radius 2 is 2.00 bits per heavy atom. The highest BCUT2D eigenvalue weighted by Crippen LogP contribution is 2.28. The summed E-state index contributed by atoms with van der Waals surface area (Å²) < 4.78 is 33.0. The van der Waals surface area contributed by atoms with Gasteiger partial charge in [0, 0.05) is 31.2 Å². The molecule has 3 nitrogen and oxygen atoms in total. The SMILES string of the molecule is CNC(CN1CC2CCC(C1)O2)c1cccc(F)c1F. The van der Waals surface area contributed by atoms with Crippen molar-refractivity contribution in [1.29, 1.82) is 0 Å². The Bertz CT molecular complexity index is 471. The van der Waals surface area contributed by atoms with Gasteiger partial charge in [0.05, 0.1) is 12.2 Å². The van der Waals surface area contributed by atoms with Crippen LogP contribution in [0.4, 0.5) is 8.78 Å². The summed E-state index contributed by atoms with van der Waals surface area (Å²) in [6.45, 7) is 2.43. The van der Waals surface area contributed by atoms with Crippen LogP contribution < -0.4 is 5.32 Å². The summed E-state index contributed by atoms with van der Waals surface area (Å²) in [7, 11) is 1.78. The second-order valence-electron chi connectivity index (χ2n) is 5.66. The molecule has 2 saturated heterocycles. The predicted molar refractivity (Wildman–Crippen MR) is 72.5 cm³/mol. The van der Waals surface area contributed by atoms with E-state index in [0.29, 0.717) is 24.3 Å². The zero-order valence-corrected chi connectivity index (χ0v) is 11.6. The molecule has 1 aromatic carbocycles. The summed E-state index contributed by atoms with van der Waals surface area (Å²) in [6.07, 6.45) is 2.84. The molecular weight excluding hydrogens is 262 g/mol. The van der Waals surface area contributed by atoms with Crippen molar-refractivity contribution in [2.45, 2.75) is 31.1 Å². The number of likely N-dealkylation sites (tertiary alicyclic amines) is 1. The molecule has 3 atom stereocenters. The van der Waals surface area contributed by atoms with Crippen LogP contribution >= 0.6 is 0 Å². The Morgan fingerprint density at radius 3 is 2.65 bits per heavy atom. The van der Waals surface area contributed by atoms with E-state index in [2.05, 4.69) is 10.2 Å². The third-order valence-electron chi connectivity index (χ3n) is 4.27. The second-order valence-corrected chi connectivity index (χ2v) is 5.66. The van der Waals surface area contributed by atoms with Crippen LogP contribution in [0.2, 0.25) is 0 Å². The molecule has 0 spiro atoms. The van der Waals surface area contributed by atoms with Crippen LogP contribution in [-0.2, 0) is 4.74 Å². The Labute approximate surface area is 117 Å². The number of nitrogens with zero attached hydrogens (tertiary/aromatic N) is 1. The molecule has 2 aliphatic heterocycles. The fourth-order valence-corrected chi connectivity index (χ4v) is 3.24. The van der Waals surface area contributed by atoms with E-state index in [4.69, 9.17) is 4.74 Å². The van der Waals surface area contributed by atoms with Crippen molar-refractivity contribution < 1.29 is 13.5 Å². The third-order valence-corrected chi connectivity index (χ3v) is 4.27.